The second-order valence-corrected chi connectivity index (χ2v) is 30.7. The van der Waals surface area contributed by atoms with Crippen LogP contribution in [0.5, 0.6) is 0 Å². The van der Waals surface area contributed by atoms with Gasteiger partial charge in [0.1, 0.15) is 0 Å². The fraction of sp³-hybridized carbons (Fsp3) is 0.434. The van der Waals surface area contributed by atoms with E-state index in [1.54, 1.807) is 0 Å². The Morgan fingerprint density at radius 1 is 0.543 bits per heavy atom. The van der Waals surface area contributed by atoms with Crippen molar-refractivity contribution in [1.29, 1.82) is 5.26 Å². The lowest BCUT2D eigenvalue weighted by atomic mass is 9.33. The molecule has 1 fully saturated rings. The van der Waals surface area contributed by atoms with Gasteiger partial charge in [-0.05, 0) is 224 Å². The normalized spacial score (nSPS) is 22.5. The van der Waals surface area contributed by atoms with E-state index in [0.717, 1.165) is 44.1 Å². The summed E-state index contributed by atoms with van der Waals surface area (Å²) in [6.07, 6.45) is 8.86. The zero-order valence-corrected chi connectivity index (χ0v) is 51.8. The molecule has 7 aromatic carbocycles. The standard InChI is InChI=1S/C76H87BN4/c1-47(2)55-31-34-72(9,10)57-42-53(25-27-56(55)57)79-66-45-59-58(73(11,12)35-36-74(59,13)14)44-62(66)77-61-28-26-54(81-64-29-23-49(46-78)38-60(64)75(15)32-20-33-76(75,81)16)43-65(61)80(68-41-52(71(6,7)8)40-67(79)69(68)77)63-30-24-51(70(3,4)5)39-50(63)37-48-21-18-17-19-22-48/h17-19,21-30,38-45,47,55H,20,31-37H2,1-16H3. The summed E-state index contributed by atoms with van der Waals surface area (Å²) in [5.74, 6) is 1.12. The average Bonchev–Trinajstić information content (AvgIpc) is 2.06. The highest BCUT2D eigenvalue weighted by atomic mass is 15.3. The second kappa shape index (κ2) is 18.0. The van der Waals surface area contributed by atoms with Crippen LogP contribution in [0.2, 0.25) is 0 Å². The summed E-state index contributed by atoms with van der Waals surface area (Å²) in [6, 6.07) is 53.5. The van der Waals surface area contributed by atoms with Gasteiger partial charge in [-0.25, -0.2) is 0 Å². The van der Waals surface area contributed by atoms with E-state index < -0.39 is 0 Å². The molecule has 0 aromatic heterocycles. The summed E-state index contributed by atoms with van der Waals surface area (Å²) in [4.78, 5) is 8.18. The predicted molar refractivity (Wildman–Crippen MR) is 345 cm³/mol. The SMILES string of the molecule is CC(C)C1CCC(C)(C)c2cc(N3c4cc5c(cc4B4c6ccc(N7c8ccc(C#N)cc8C8(C)CCCC78C)cc6N(c6ccc(C(C)(C)C)cc6Cc6ccccc6)c6cc(C(C)(C)C)cc3c64)C(C)(C)CCC5(C)C)ccc21. The van der Waals surface area contributed by atoms with Gasteiger partial charge in [0.2, 0.25) is 0 Å². The fourth-order valence-electron chi connectivity index (χ4n) is 16.5. The van der Waals surface area contributed by atoms with Crippen molar-refractivity contribution < 1.29 is 0 Å². The molecule has 7 aromatic rings. The third-order valence-electron chi connectivity index (χ3n) is 21.9. The van der Waals surface area contributed by atoms with E-state index in [4.69, 9.17) is 0 Å². The summed E-state index contributed by atoms with van der Waals surface area (Å²) >= 11 is 0. The zero-order chi connectivity index (χ0) is 57.3. The maximum absolute atomic E-state index is 10.3. The van der Waals surface area contributed by atoms with Crippen LogP contribution in [0, 0.1) is 17.2 Å². The molecule has 0 saturated heterocycles. The number of nitriles is 1. The Morgan fingerprint density at radius 3 is 1.86 bits per heavy atom. The van der Waals surface area contributed by atoms with Crippen molar-refractivity contribution in [2.75, 3.05) is 14.7 Å². The van der Waals surface area contributed by atoms with E-state index in [0.29, 0.717) is 11.8 Å². The van der Waals surface area contributed by atoms with Crippen molar-refractivity contribution in [1.82, 2.24) is 0 Å². The van der Waals surface area contributed by atoms with Crippen LogP contribution in [0.3, 0.4) is 0 Å². The highest BCUT2D eigenvalue weighted by Crippen LogP contribution is 2.63. The molecule has 0 radical (unpaired) electrons. The Balaban J connectivity index is 1.15. The van der Waals surface area contributed by atoms with Crippen LogP contribution in [0.15, 0.2) is 127 Å². The van der Waals surface area contributed by atoms with E-state index in [1.807, 2.05) is 6.07 Å². The second-order valence-electron chi connectivity index (χ2n) is 30.7. The number of anilines is 8. The molecule has 0 N–H and O–H groups in total. The third kappa shape index (κ3) is 8.09. The summed E-state index contributed by atoms with van der Waals surface area (Å²) in [5.41, 5.74) is 27.2. The molecule has 3 aliphatic heterocycles. The van der Waals surface area contributed by atoms with E-state index in [-0.39, 0.29) is 44.7 Å². The number of rotatable bonds is 6. The van der Waals surface area contributed by atoms with Crippen LogP contribution in [0.1, 0.15) is 217 Å². The lowest BCUT2D eigenvalue weighted by Gasteiger charge is -2.48. The van der Waals surface area contributed by atoms with Crippen molar-refractivity contribution in [3.8, 4) is 6.07 Å². The highest BCUT2D eigenvalue weighted by molar-refractivity contribution is 7.00. The molecule has 81 heavy (non-hydrogen) atoms. The number of hydrogen-bond donors (Lipinski definition) is 0. The Morgan fingerprint density at radius 2 is 1.19 bits per heavy atom. The first kappa shape index (κ1) is 53.8. The van der Waals surface area contributed by atoms with Gasteiger partial charge < -0.3 is 14.7 Å². The van der Waals surface area contributed by atoms with Crippen molar-refractivity contribution in [2.45, 2.75) is 206 Å². The molecule has 3 heterocycles. The molecule has 3 aliphatic carbocycles. The fourth-order valence-corrected chi connectivity index (χ4v) is 16.5. The van der Waals surface area contributed by atoms with Gasteiger partial charge in [-0.2, -0.15) is 5.26 Å². The van der Waals surface area contributed by atoms with Gasteiger partial charge in [-0.1, -0.05) is 171 Å². The summed E-state index contributed by atoms with van der Waals surface area (Å²) in [6.45, 7) is 39.1. The van der Waals surface area contributed by atoms with Crippen molar-refractivity contribution in [2.24, 2.45) is 5.92 Å². The molecule has 6 aliphatic rings. The number of hydrogen-bond acceptors (Lipinski definition) is 4. The first-order valence-corrected chi connectivity index (χ1v) is 30.9. The maximum Gasteiger partial charge on any atom is 0.252 e. The van der Waals surface area contributed by atoms with Crippen LogP contribution >= 0.6 is 0 Å². The van der Waals surface area contributed by atoms with Gasteiger partial charge in [-0.3, -0.25) is 0 Å². The number of benzene rings is 7. The van der Waals surface area contributed by atoms with Crippen LogP contribution < -0.4 is 31.1 Å². The first-order valence-electron chi connectivity index (χ1n) is 30.9. The Hall–Kier alpha value is -6.51. The highest BCUT2D eigenvalue weighted by Gasteiger charge is 2.60. The summed E-state index contributed by atoms with van der Waals surface area (Å²) in [5, 5.41) is 10.3. The van der Waals surface area contributed by atoms with Gasteiger partial charge in [0.05, 0.1) is 17.2 Å². The van der Waals surface area contributed by atoms with Crippen molar-refractivity contribution in [3.63, 3.8) is 0 Å². The molecule has 13 rings (SSSR count). The minimum Gasteiger partial charge on any atom is -0.334 e. The van der Waals surface area contributed by atoms with Gasteiger partial charge in [0.25, 0.3) is 6.71 Å². The Labute approximate surface area is 487 Å². The molecule has 3 atom stereocenters. The van der Waals surface area contributed by atoms with Crippen LogP contribution in [0.4, 0.5) is 45.5 Å². The van der Waals surface area contributed by atoms with Crippen LogP contribution in [-0.4, -0.2) is 12.3 Å². The maximum atomic E-state index is 10.3. The lowest BCUT2D eigenvalue weighted by Crippen LogP contribution is -2.62. The van der Waals surface area contributed by atoms with Gasteiger partial charge in [0.15, 0.2) is 0 Å². The van der Waals surface area contributed by atoms with Crippen LogP contribution in [0.25, 0.3) is 0 Å². The topological polar surface area (TPSA) is 33.5 Å². The van der Waals surface area contributed by atoms with Crippen molar-refractivity contribution >= 4 is 68.6 Å². The van der Waals surface area contributed by atoms with E-state index in [9.17, 15) is 5.26 Å². The minimum atomic E-state index is -0.178. The van der Waals surface area contributed by atoms with E-state index >= 15 is 0 Å². The molecule has 3 unspecified atom stereocenters. The lowest BCUT2D eigenvalue weighted by molar-refractivity contribution is 0.330. The molecule has 0 bridgehead atoms. The van der Waals surface area contributed by atoms with E-state index in [1.165, 1.54) is 125 Å². The summed E-state index contributed by atoms with van der Waals surface area (Å²) < 4.78 is 0. The number of fused-ring (bicyclic) bond motifs is 9. The van der Waals surface area contributed by atoms with E-state index in [2.05, 4.69) is 253 Å². The molecule has 1 saturated carbocycles. The monoisotopic (exact) mass is 1070 g/mol. The third-order valence-corrected chi connectivity index (χ3v) is 21.9. The van der Waals surface area contributed by atoms with Gasteiger partial charge in [-0.15, -0.1) is 0 Å². The first-order chi connectivity index (χ1) is 38.1. The molecule has 0 amide bonds. The predicted octanol–water partition coefficient (Wildman–Crippen LogP) is 18.3. The number of nitrogens with zero attached hydrogens (tertiary/aromatic N) is 4. The zero-order valence-electron chi connectivity index (χ0n) is 51.8. The van der Waals surface area contributed by atoms with Crippen molar-refractivity contribution in [3.05, 3.63) is 183 Å². The van der Waals surface area contributed by atoms with Crippen LogP contribution in [-0.2, 0) is 38.9 Å². The largest absolute Gasteiger partial charge is 0.334 e. The smallest absolute Gasteiger partial charge is 0.252 e. The Bertz CT molecular complexity index is 3780. The molecular formula is C76H87BN4. The molecule has 5 heteroatoms. The average molecular weight is 1070 g/mol. The quantitative estimate of drug-likeness (QED) is 0.155. The molecular weight excluding hydrogens is 980 g/mol. The van der Waals surface area contributed by atoms with Gasteiger partial charge in [0, 0.05) is 50.9 Å². The van der Waals surface area contributed by atoms with Gasteiger partial charge >= 0.3 is 0 Å². The Kier molecular flexibility index (Phi) is 12.0. The summed E-state index contributed by atoms with van der Waals surface area (Å²) in [7, 11) is 0. The molecule has 0 spiro atoms. The molecule has 414 valence electrons. The molecule has 4 nitrogen and oxygen atoms in total. The minimum absolute atomic E-state index is 0.0120.